The molecular weight excluding hydrogens is 304 g/mol. The van der Waals surface area contributed by atoms with E-state index in [2.05, 4.69) is 29.1 Å². The van der Waals surface area contributed by atoms with E-state index in [1.54, 1.807) is 14.2 Å². The summed E-state index contributed by atoms with van der Waals surface area (Å²) in [6, 6.07) is 6.60. The highest BCUT2D eigenvalue weighted by Gasteiger charge is 2.22. The van der Waals surface area contributed by atoms with Crippen LogP contribution in [0.3, 0.4) is 0 Å². The first kappa shape index (κ1) is 18.4. The normalized spacial score (nSPS) is 20.5. The van der Waals surface area contributed by atoms with Gasteiger partial charge in [-0.25, -0.2) is 0 Å². The van der Waals surface area contributed by atoms with Gasteiger partial charge in [-0.05, 0) is 45.4 Å². The van der Waals surface area contributed by atoms with E-state index in [4.69, 9.17) is 15.2 Å². The van der Waals surface area contributed by atoms with Crippen molar-refractivity contribution in [3.8, 4) is 11.5 Å². The summed E-state index contributed by atoms with van der Waals surface area (Å²) < 4.78 is 10.5. The van der Waals surface area contributed by atoms with Gasteiger partial charge >= 0.3 is 0 Å². The van der Waals surface area contributed by atoms with Crippen LogP contribution in [0.2, 0.25) is 0 Å². The first-order valence-corrected chi connectivity index (χ1v) is 8.60. The maximum atomic E-state index is 6.03. The van der Waals surface area contributed by atoms with E-state index in [0.717, 1.165) is 12.2 Å². The molecule has 1 aromatic carbocycles. The Morgan fingerprint density at radius 3 is 2.75 bits per heavy atom. The average Bonchev–Trinajstić information content (AvgIpc) is 2.60. The van der Waals surface area contributed by atoms with Crippen LogP contribution in [0.5, 0.6) is 11.5 Å². The molecule has 0 bridgehead atoms. The molecule has 1 saturated heterocycles. The molecule has 6 nitrogen and oxygen atoms in total. The maximum absolute atomic E-state index is 6.03. The van der Waals surface area contributed by atoms with E-state index in [0.29, 0.717) is 36.1 Å². The molecule has 0 amide bonds. The fourth-order valence-electron chi connectivity index (χ4n) is 3.21. The standard InChI is InChI=1S/C18H30N4O2/c1-13-7-5-6-10-22(13)14(2)12-20-18(19)21-15-8-9-16(23-3)17(11-15)24-4/h8-9,11,13-14H,5-7,10,12H2,1-4H3,(H3,19,20,21). The zero-order valence-corrected chi connectivity index (χ0v) is 15.2. The molecule has 2 rings (SSSR count). The van der Waals surface area contributed by atoms with Crippen LogP contribution in [0.1, 0.15) is 33.1 Å². The number of rotatable bonds is 6. The lowest BCUT2D eigenvalue weighted by Crippen LogP contribution is -2.45. The summed E-state index contributed by atoms with van der Waals surface area (Å²) in [5, 5.41) is 3.11. The SMILES string of the molecule is COc1ccc(NC(N)=NCC(C)N2CCCCC2C)cc1OC. The van der Waals surface area contributed by atoms with Gasteiger partial charge in [-0.2, -0.15) is 0 Å². The minimum atomic E-state index is 0.394. The third kappa shape index (κ3) is 4.77. The number of piperidine rings is 1. The zero-order valence-electron chi connectivity index (χ0n) is 15.2. The van der Waals surface area contributed by atoms with Gasteiger partial charge in [0.05, 0.1) is 20.8 Å². The Hall–Kier alpha value is -1.95. The monoisotopic (exact) mass is 334 g/mol. The van der Waals surface area contributed by atoms with Crippen LogP contribution in [0.25, 0.3) is 0 Å². The van der Waals surface area contributed by atoms with Crippen LogP contribution in [0.4, 0.5) is 5.69 Å². The smallest absolute Gasteiger partial charge is 0.193 e. The highest BCUT2D eigenvalue weighted by Crippen LogP contribution is 2.29. The van der Waals surface area contributed by atoms with Crippen molar-refractivity contribution in [1.82, 2.24) is 4.90 Å². The van der Waals surface area contributed by atoms with Crippen molar-refractivity contribution in [2.24, 2.45) is 10.7 Å². The molecule has 1 heterocycles. The molecule has 1 aliphatic heterocycles. The highest BCUT2D eigenvalue weighted by atomic mass is 16.5. The maximum Gasteiger partial charge on any atom is 0.193 e. The van der Waals surface area contributed by atoms with Gasteiger partial charge in [-0.3, -0.25) is 9.89 Å². The first-order chi connectivity index (χ1) is 11.5. The third-order valence-electron chi connectivity index (χ3n) is 4.60. The van der Waals surface area contributed by atoms with E-state index >= 15 is 0 Å². The van der Waals surface area contributed by atoms with Gasteiger partial charge < -0.3 is 20.5 Å². The topological polar surface area (TPSA) is 72.1 Å². The van der Waals surface area contributed by atoms with Crippen molar-refractivity contribution >= 4 is 11.6 Å². The summed E-state index contributed by atoms with van der Waals surface area (Å²) in [5.74, 6) is 1.76. The molecule has 0 aliphatic carbocycles. The molecule has 3 N–H and O–H groups in total. The van der Waals surface area contributed by atoms with Gasteiger partial charge in [0.2, 0.25) is 0 Å². The van der Waals surface area contributed by atoms with E-state index in [1.807, 2.05) is 18.2 Å². The Morgan fingerprint density at radius 2 is 2.08 bits per heavy atom. The second-order valence-electron chi connectivity index (χ2n) is 6.35. The summed E-state index contributed by atoms with van der Waals surface area (Å²) in [6.45, 7) is 6.36. The van der Waals surface area contributed by atoms with Crippen molar-refractivity contribution in [2.75, 3.05) is 32.6 Å². The molecule has 0 spiro atoms. The van der Waals surface area contributed by atoms with Gasteiger partial charge in [-0.15, -0.1) is 0 Å². The number of nitrogens with zero attached hydrogens (tertiary/aromatic N) is 2. The summed E-state index contributed by atoms with van der Waals surface area (Å²) >= 11 is 0. The van der Waals surface area contributed by atoms with E-state index < -0.39 is 0 Å². The molecule has 2 unspecified atom stereocenters. The predicted octanol–water partition coefficient (Wildman–Crippen LogP) is 2.69. The van der Waals surface area contributed by atoms with Crippen molar-refractivity contribution in [1.29, 1.82) is 0 Å². The predicted molar refractivity (Wildman–Crippen MR) is 99.1 cm³/mol. The van der Waals surface area contributed by atoms with Crippen LogP contribution >= 0.6 is 0 Å². The molecule has 1 fully saturated rings. The molecular formula is C18H30N4O2. The van der Waals surface area contributed by atoms with Crippen molar-refractivity contribution in [2.45, 2.75) is 45.2 Å². The Morgan fingerprint density at radius 1 is 1.33 bits per heavy atom. The van der Waals surface area contributed by atoms with Gasteiger partial charge in [0.15, 0.2) is 17.5 Å². The number of methoxy groups -OCH3 is 2. The number of hydrogen-bond acceptors (Lipinski definition) is 4. The number of guanidine groups is 1. The molecule has 0 saturated carbocycles. The van der Waals surface area contributed by atoms with Crippen molar-refractivity contribution < 1.29 is 9.47 Å². The average molecular weight is 334 g/mol. The minimum absolute atomic E-state index is 0.394. The number of aliphatic imine (C=N–C) groups is 1. The summed E-state index contributed by atoms with van der Waals surface area (Å²) in [4.78, 5) is 7.02. The second kappa shape index (κ2) is 8.78. The van der Waals surface area contributed by atoms with Crippen LogP contribution in [-0.2, 0) is 0 Å². The summed E-state index contributed by atoms with van der Waals surface area (Å²) in [6.07, 6.45) is 3.88. The van der Waals surface area contributed by atoms with Gasteiger partial charge in [-0.1, -0.05) is 6.42 Å². The molecule has 6 heteroatoms. The van der Waals surface area contributed by atoms with Crippen LogP contribution in [0, 0.1) is 0 Å². The lowest BCUT2D eigenvalue weighted by atomic mass is 10.0. The molecule has 0 aromatic heterocycles. The number of anilines is 1. The number of nitrogens with one attached hydrogen (secondary N) is 1. The van der Waals surface area contributed by atoms with Crippen LogP contribution in [-0.4, -0.2) is 50.3 Å². The number of nitrogens with two attached hydrogens (primary N) is 1. The number of likely N-dealkylation sites (tertiary alicyclic amines) is 1. The van der Waals surface area contributed by atoms with Crippen molar-refractivity contribution in [3.05, 3.63) is 18.2 Å². The van der Waals surface area contributed by atoms with Crippen LogP contribution < -0.4 is 20.5 Å². The van der Waals surface area contributed by atoms with Gasteiger partial charge in [0, 0.05) is 23.8 Å². The van der Waals surface area contributed by atoms with E-state index in [-0.39, 0.29) is 0 Å². The highest BCUT2D eigenvalue weighted by molar-refractivity contribution is 5.92. The molecule has 1 aromatic rings. The van der Waals surface area contributed by atoms with E-state index in [1.165, 1.54) is 19.3 Å². The molecule has 134 valence electrons. The van der Waals surface area contributed by atoms with E-state index in [9.17, 15) is 0 Å². The fourth-order valence-corrected chi connectivity index (χ4v) is 3.21. The molecule has 0 radical (unpaired) electrons. The molecule has 1 aliphatic rings. The number of benzene rings is 1. The number of hydrogen-bond donors (Lipinski definition) is 2. The quantitative estimate of drug-likeness (QED) is 0.618. The first-order valence-electron chi connectivity index (χ1n) is 8.60. The lowest BCUT2D eigenvalue weighted by Gasteiger charge is -2.37. The largest absolute Gasteiger partial charge is 0.493 e. The summed E-state index contributed by atoms with van der Waals surface area (Å²) in [7, 11) is 3.23. The number of ether oxygens (including phenoxy) is 2. The second-order valence-corrected chi connectivity index (χ2v) is 6.35. The lowest BCUT2D eigenvalue weighted by molar-refractivity contribution is 0.118. The Balaban J connectivity index is 1.93. The third-order valence-corrected chi connectivity index (χ3v) is 4.60. The zero-order chi connectivity index (χ0) is 17.5. The van der Waals surface area contributed by atoms with Crippen molar-refractivity contribution in [3.63, 3.8) is 0 Å². The Bertz CT molecular complexity index is 562. The van der Waals surface area contributed by atoms with Gasteiger partial charge in [0.25, 0.3) is 0 Å². The minimum Gasteiger partial charge on any atom is -0.493 e. The summed E-state index contributed by atoms with van der Waals surface area (Å²) in [5.41, 5.74) is 6.86. The Kier molecular flexibility index (Phi) is 6.73. The molecule has 2 atom stereocenters. The van der Waals surface area contributed by atoms with Gasteiger partial charge in [0.1, 0.15) is 0 Å². The molecule has 24 heavy (non-hydrogen) atoms. The van der Waals surface area contributed by atoms with Crippen LogP contribution in [0.15, 0.2) is 23.2 Å². The fraction of sp³-hybridized carbons (Fsp3) is 0.611. The Labute approximate surface area is 145 Å².